The van der Waals surface area contributed by atoms with E-state index in [4.69, 9.17) is 11.5 Å². The van der Waals surface area contributed by atoms with Crippen LogP contribution < -0.4 is 21.7 Å². The lowest BCUT2D eigenvalue weighted by Crippen LogP contribution is -2.44. The molecule has 6 nitrogen and oxygen atoms in total. The van der Waals surface area contributed by atoms with Crippen LogP contribution in [0.1, 0.15) is 19.0 Å². The Morgan fingerprint density at radius 2 is 1.94 bits per heavy atom. The summed E-state index contributed by atoms with van der Waals surface area (Å²) in [6, 6.07) is 0. The zero-order valence-electron chi connectivity index (χ0n) is 10.2. The zero-order chi connectivity index (χ0) is 12.3. The fourth-order valence-corrected chi connectivity index (χ4v) is 2.18. The van der Waals surface area contributed by atoms with Crippen LogP contribution in [0.5, 0.6) is 0 Å². The molecule has 1 aliphatic rings. The van der Waals surface area contributed by atoms with E-state index in [0.29, 0.717) is 5.82 Å². The molecule has 0 radical (unpaired) electrons. The van der Waals surface area contributed by atoms with Crippen LogP contribution in [0.15, 0.2) is 0 Å². The van der Waals surface area contributed by atoms with Gasteiger partial charge in [0.15, 0.2) is 5.82 Å². The third-order valence-corrected chi connectivity index (χ3v) is 2.92. The van der Waals surface area contributed by atoms with Gasteiger partial charge in [0.05, 0.1) is 5.69 Å². The highest BCUT2D eigenvalue weighted by atomic mass is 15.2. The van der Waals surface area contributed by atoms with Gasteiger partial charge in [0.2, 0.25) is 5.95 Å². The lowest BCUT2D eigenvalue weighted by atomic mass is 10.2. The molecule has 2 rings (SSSR count). The van der Waals surface area contributed by atoms with E-state index in [1.165, 1.54) is 0 Å². The van der Waals surface area contributed by atoms with Crippen LogP contribution in [0.3, 0.4) is 0 Å². The van der Waals surface area contributed by atoms with Crippen LogP contribution in [0.2, 0.25) is 0 Å². The number of hydrogen-bond acceptors (Lipinski definition) is 6. The Bertz CT molecular complexity index is 386. The van der Waals surface area contributed by atoms with Gasteiger partial charge in [-0.2, -0.15) is 4.98 Å². The number of nitrogens with zero attached hydrogens (tertiary/aromatic N) is 3. The number of nitrogens with one attached hydrogen (secondary N) is 1. The average molecular weight is 236 g/mol. The highest BCUT2D eigenvalue weighted by molar-refractivity contribution is 5.68. The molecule has 2 heterocycles. The Morgan fingerprint density at radius 3 is 2.59 bits per heavy atom. The first-order valence-electron chi connectivity index (χ1n) is 6.10. The van der Waals surface area contributed by atoms with Gasteiger partial charge in [0, 0.05) is 26.2 Å². The van der Waals surface area contributed by atoms with Gasteiger partial charge in [-0.1, -0.05) is 13.3 Å². The maximum atomic E-state index is 5.99. The number of rotatable bonds is 3. The number of anilines is 3. The van der Waals surface area contributed by atoms with E-state index in [-0.39, 0.29) is 5.95 Å². The zero-order valence-corrected chi connectivity index (χ0v) is 10.2. The number of aromatic nitrogens is 2. The minimum atomic E-state index is 0.268. The molecule has 1 aromatic heterocycles. The third kappa shape index (κ3) is 2.58. The van der Waals surface area contributed by atoms with Gasteiger partial charge in [0.25, 0.3) is 0 Å². The first-order chi connectivity index (χ1) is 8.22. The van der Waals surface area contributed by atoms with Gasteiger partial charge < -0.3 is 21.7 Å². The second-order valence-corrected chi connectivity index (χ2v) is 4.25. The summed E-state index contributed by atoms with van der Waals surface area (Å²) in [5, 5.41) is 3.32. The predicted octanol–water partition coefficient (Wildman–Crippen LogP) is 0.00310. The van der Waals surface area contributed by atoms with Crippen molar-refractivity contribution < 1.29 is 0 Å². The molecule has 0 spiro atoms. The van der Waals surface area contributed by atoms with E-state index in [1.807, 2.05) is 0 Å². The van der Waals surface area contributed by atoms with Crippen LogP contribution in [0.4, 0.5) is 17.5 Å². The van der Waals surface area contributed by atoms with Gasteiger partial charge >= 0.3 is 0 Å². The fraction of sp³-hybridized carbons (Fsp3) is 0.636. The molecule has 0 saturated carbocycles. The standard InChI is InChI=1S/C11H20N6/c1-2-3-8-9(10(12)16-11(13)15-8)17-6-4-14-5-7-17/h14H,2-7H2,1H3,(H4,12,13,15,16). The molecule has 0 bridgehead atoms. The van der Waals surface area contributed by atoms with Crippen molar-refractivity contribution in [1.29, 1.82) is 0 Å². The first-order valence-corrected chi connectivity index (χ1v) is 6.10. The summed E-state index contributed by atoms with van der Waals surface area (Å²) >= 11 is 0. The van der Waals surface area contributed by atoms with Crippen LogP contribution in [0.25, 0.3) is 0 Å². The number of piperazine rings is 1. The van der Waals surface area contributed by atoms with Crippen LogP contribution in [-0.4, -0.2) is 36.1 Å². The van der Waals surface area contributed by atoms with Gasteiger partial charge in [-0.15, -0.1) is 0 Å². The molecule has 94 valence electrons. The normalized spacial score (nSPS) is 16.2. The second kappa shape index (κ2) is 5.18. The molecule has 17 heavy (non-hydrogen) atoms. The Morgan fingerprint density at radius 1 is 1.24 bits per heavy atom. The molecule has 0 amide bonds. The van der Waals surface area contributed by atoms with E-state index >= 15 is 0 Å². The van der Waals surface area contributed by atoms with Crippen LogP contribution >= 0.6 is 0 Å². The van der Waals surface area contributed by atoms with Crippen molar-refractivity contribution in [3.05, 3.63) is 5.69 Å². The van der Waals surface area contributed by atoms with Crippen LogP contribution in [-0.2, 0) is 6.42 Å². The van der Waals surface area contributed by atoms with E-state index in [9.17, 15) is 0 Å². The van der Waals surface area contributed by atoms with Crippen molar-refractivity contribution in [2.24, 2.45) is 0 Å². The number of hydrogen-bond donors (Lipinski definition) is 3. The quantitative estimate of drug-likeness (QED) is 0.684. The predicted molar refractivity (Wildman–Crippen MR) is 69.9 cm³/mol. The Hall–Kier alpha value is -1.56. The Balaban J connectivity index is 2.35. The number of aryl methyl sites for hydroxylation is 1. The number of nitrogens with two attached hydrogens (primary N) is 2. The summed E-state index contributed by atoms with van der Waals surface area (Å²) < 4.78 is 0. The third-order valence-electron chi connectivity index (χ3n) is 2.92. The van der Waals surface area contributed by atoms with Crippen molar-refractivity contribution in [2.45, 2.75) is 19.8 Å². The van der Waals surface area contributed by atoms with Crippen molar-refractivity contribution in [2.75, 3.05) is 42.5 Å². The SMILES string of the molecule is CCCc1nc(N)nc(N)c1N1CCNCC1. The second-order valence-electron chi connectivity index (χ2n) is 4.25. The van der Waals surface area contributed by atoms with Crippen molar-refractivity contribution >= 4 is 17.5 Å². The summed E-state index contributed by atoms with van der Waals surface area (Å²) in [4.78, 5) is 10.6. The molecule has 1 fully saturated rings. The molecule has 0 unspecified atom stereocenters. The average Bonchev–Trinajstić information content (AvgIpc) is 2.30. The van der Waals surface area contributed by atoms with Gasteiger partial charge in [-0.3, -0.25) is 0 Å². The Kier molecular flexibility index (Phi) is 3.63. The highest BCUT2D eigenvalue weighted by Crippen LogP contribution is 2.27. The van der Waals surface area contributed by atoms with Crippen molar-refractivity contribution in [3.8, 4) is 0 Å². The maximum Gasteiger partial charge on any atom is 0.222 e. The molecule has 0 atom stereocenters. The van der Waals surface area contributed by atoms with E-state index in [2.05, 4.69) is 27.1 Å². The summed E-state index contributed by atoms with van der Waals surface area (Å²) in [5.74, 6) is 0.771. The summed E-state index contributed by atoms with van der Waals surface area (Å²) in [6.45, 7) is 5.93. The summed E-state index contributed by atoms with van der Waals surface area (Å²) in [5.41, 5.74) is 13.6. The molecule has 5 N–H and O–H groups in total. The topological polar surface area (TPSA) is 93.1 Å². The highest BCUT2D eigenvalue weighted by Gasteiger charge is 2.19. The largest absolute Gasteiger partial charge is 0.382 e. The van der Waals surface area contributed by atoms with E-state index in [0.717, 1.165) is 50.4 Å². The molecule has 6 heteroatoms. The van der Waals surface area contributed by atoms with Gasteiger partial charge in [0.1, 0.15) is 5.69 Å². The monoisotopic (exact) mass is 236 g/mol. The lowest BCUT2D eigenvalue weighted by Gasteiger charge is -2.31. The van der Waals surface area contributed by atoms with Crippen molar-refractivity contribution in [1.82, 2.24) is 15.3 Å². The lowest BCUT2D eigenvalue weighted by molar-refractivity contribution is 0.586. The summed E-state index contributed by atoms with van der Waals surface area (Å²) in [7, 11) is 0. The molecule has 1 saturated heterocycles. The minimum Gasteiger partial charge on any atom is -0.382 e. The maximum absolute atomic E-state index is 5.99. The van der Waals surface area contributed by atoms with Gasteiger partial charge in [-0.25, -0.2) is 4.98 Å². The molecule has 0 aromatic carbocycles. The van der Waals surface area contributed by atoms with Crippen LogP contribution in [0, 0.1) is 0 Å². The molecular formula is C11H20N6. The fourth-order valence-electron chi connectivity index (χ4n) is 2.18. The smallest absolute Gasteiger partial charge is 0.222 e. The molecular weight excluding hydrogens is 216 g/mol. The molecule has 0 aliphatic carbocycles. The van der Waals surface area contributed by atoms with E-state index < -0.39 is 0 Å². The Labute approximate surface area is 101 Å². The molecule has 1 aromatic rings. The number of nitrogen functional groups attached to an aromatic ring is 2. The van der Waals surface area contributed by atoms with E-state index in [1.54, 1.807) is 0 Å². The minimum absolute atomic E-state index is 0.268. The molecule has 1 aliphatic heterocycles. The first kappa shape index (κ1) is 11.9. The van der Waals surface area contributed by atoms with Crippen molar-refractivity contribution in [3.63, 3.8) is 0 Å². The summed E-state index contributed by atoms with van der Waals surface area (Å²) in [6.07, 6.45) is 1.91. The van der Waals surface area contributed by atoms with Gasteiger partial charge in [-0.05, 0) is 6.42 Å².